The average molecular weight is 249 g/mol. The first-order chi connectivity index (χ1) is 8.81. The molecule has 2 aliphatic heterocycles. The first kappa shape index (κ1) is 11.9. The van der Waals surface area contributed by atoms with Gasteiger partial charge in [0.1, 0.15) is 12.1 Å². The largest absolute Gasteiger partial charge is 0.351 e. The van der Waals surface area contributed by atoms with Crippen LogP contribution >= 0.6 is 0 Å². The number of hydrogen-bond donors (Lipinski definition) is 0. The molecular formula is C13H19N3O2. The van der Waals surface area contributed by atoms with E-state index in [0.29, 0.717) is 13.2 Å². The minimum absolute atomic E-state index is 0.393. The molecule has 0 atom stereocenters. The zero-order chi connectivity index (χ0) is 12.4. The Morgan fingerprint density at radius 1 is 1.33 bits per heavy atom. The van der Waals surface area contributed by atoms with Crippen molar-refractivity contribution in [3.63, 3.8) is 0 Å². The van der Waals surface area contributed by atoms with E-state index in [-0.39, 0.29) is 0 Å². The van der Waals surface area contributed by atoms with Gasteiger partial charge in [-0.1, -0.05) is 6.92 Å². The fourth-order valence-electron chi connectivity index (χ4n) is 2.67. The Kier molecular flexibility index (Phi) is 3.18. The van der Waals surface area contributed by atoms with Gasteiger partial charge in [-0.2, -0.15) is 0 Å². The average Bonchev–Trinajstić information content (AvgIpc) is 2.87. The third kappa shape index (κ3) is 2.20. The number of anilines is 1. The molecule has 0 radical (unpaired) electrons. The molecule has 18 heavy (non-hydrogen) atoms. The Balaban J connectivity index is 1.78. The van der Waals surface area contributed by atoms with Crippen LogP contribution in [0.2, 0.25) is 0 Å². The summed E-state index contributed by atoms with van der Waals surface area (Å²) in [5.41, 5.74) is 1.08. The molecule has 2 fully saturated rings. The highest BCUT2D eigenvalue weighted by Crippen LogP contribution is 2.31. The van der Waals surface area contributed by atoms with Gasteiger partial charge < -0.3 is 14.4 Å². The lowest BCUT2D eigenvalue weighted by Gasteiger charge is -2.39. The van der Waals surface area contributed by atoms with Crippen molar-refractivity contribution in [2.24, 2.45) is 0 Å². The summed E-state index contributed by atoms with van der Waals surface area (Å²) in [4.78, 5) is 10.9. The molecule has 0 saturated carbocycles. The highest BCUT2D eigenvalue weighted by atomic mass is 16.7. The molecule has 1 spiro atoms. The second kappa shape index (κ2) is 4.82. The molecule has 0 aromatic carbocycles. The van der Waals surface area contributed by atoms with Crippen molar-refractivity contribution in [3.8, 4) is 0 Å². The van der Waals surface area contributed by atoms with Crippen LogP contribution in [0.4, 0.5) is 5.82 Å². The van der Waals surface area contributed by atoms with E-state index in [4.69, 9.17) is 9.47 Å². The maximum Gasteiger partial charge on any atom is 0.186 e. The maximum atomic E-state index is 5.78. The fraction of sp³-hybridized carbons (Fsp3) is 0.692. The molecule has 0 amide bonds. The smallest absolute Gasteiger partial charge is 0.186 e. The van der Waals surface area contributed by atoms with E-state index in [2.05, 4.69) is 27.9 Å². The number of nitrogens with zero attached hydrogens (tertiary/aromatic N) is 3. The molecule has 0 N–H and O–H groups in total. The summed E-state index contributed by atoms with van der Waals surface area (Å²) < 4.78 is 11.6. The quantitative estimate of drug-likeness (QED) is 0.792. The Hall–Kier alpha value is -1.20. The number of piperidine rings is 1. The number of aryl methyl sites for hydroxylation is 1. The molecule has 5 heteroatoms. The topological polar surface area (TPSA) is 47.5 Å². The first-order valence-corrected chi connectivity index (χ1v) is 6.65. The molecule has 2 saturated heterocycles. The molecule has 98 valence electrons. The lowest BCUT2D eigenvalue weighted by atomic mass is 10.0. The van der Waals surface area contributed by atoms with Gasteiger partial charge in [0.15, 0.2) is 5.79 Å². The van der Waals surface area contributed by atoms with Gasteiger partial charge in [0, 0.05) is 24.7 Å². The van der Waals surface area contributed by atoms with E-state index in [0.717, 1.165) is 43.9 Å². The molecule has 0 unspecified atom stereocenters. The fourth-order valence-corrected chi connectivity index (χ4v) is 2.67. The number of rotatable bonds is 2. The second-order valence-corrected chi connectivity index (χ2v) is 4.85. The van der Waals surface area contributed by atoms with Crippen LogP contribution in [-0.2, 0) is 15.9 Å². The van der Waals surface area contributed by atoms with Crippen LogP contribution in [0.1, 0.15) is 25.5 Å². The van der Waals surface area contributed by atoms with Gasteiger partial charge in [-0.15, -0.1) is 0 Å². The highest BCUT2D eigenvalue weighted by Gasteiger charge is 2.41. The van der Waals surface area contributed by atoms with Crippen LogP contribution in [0.5, 0.6) is 0 Å². The molecule has 3 heterocycles. The Labute approximate surface area is 107 Å². The summed E-state index contributed by atoms with van der Waals surface area (Å²) in [6.45, 7) is 5.30. The molecule has 1 aromatic heterocycles. The lowest BCUT2D eigenvalue weighted by molar-refractivity contribution is -0.161. The van der Waals surface area contributed by atoms with Crippen LogP contribution in [-0.4, -0.2) is 42.1 Å². The van der Waals surface area contributed by atoms with E-state index in [1.54, 1.807) is 6.33 Å². The lowest BCUT2D eigenvalue weighted by Crippen LogP contribution is -2.49. The molecule has 1 aromatic rings. The van der Waals surface area contributed by atoms with Crippen LogP contribution in [0, 0.1) is 0 Å². The van der Waals surface area contributed by atoms with Gasteiger partial charge in [0.25, 0.3) is 0 Å². The van der Waals surface area contributed by atoms with Crippen molar-refractivity contribution in [3.05, 3.63) is 18.1 Å². The molecule has 0 bridgehead atoms. The van der Waals surface area contributed by atoms with Crippen molar-refractivity contribution >= 4 is 5.82 Å². The molecule has 5 nitrogen and oxygen atoms in total. The van der Waals surface area contributed by atoms with E-state index in [9.17, 15) is 0 Å². The van der Waals surface area contributed by atoms with E-state index in [1.807, 2.05) is 0 Å². The second-order valence-electron chi connectivity index (χ2n) is 4.85. The number of ether oxygens (including phenoxy) is 2. The predicted octanol–water partition coefficient (Wildman–Crippen LogP) is 1.38. The summed E-state index contributed by atoms with van der Waals surface area (Å²) in [6.07, 6.45) is 4.63. The van der Waals surface area contributed by atoms with Gasteiger partial charge in [-0.05, 0) is 12.8 Å². The van der Waals surface area contributed by atoms with Crippen molar-refractivity contribution in [2.45, 2.75) is 32.0 Å². The molecular weight excluding hydrogens is 230 g/mol. The minimum Gasteiger partial charge on any atom is -0.351 e. The van der Waals surface area contributed by atoms with Crippen LogP contribution in [0.3, 0.4) is 0 Å². The summed E-state index contributed by atoms with van der Waals surface area (Å²) in [7, 11) is 0. The Morgan fingerprint density at radius 3 is 2.94 bits per heavy atom. The van der Waals surface area contributed by atoms with Crippen molar-refractivity contribution in [1.82, 2.24) is 9.97 Å². The maximum absolute atomic E-state index is 5.78. The first-order valence-electron chi connectivity index (χ1n) is 6.65. The highest BCUT2D eigenvalue weighted by molar-refractivity contribution is 5.40. The Bertz CT molecular complexity index is 418. The van der Waals surface area contributed by atoms with E-state index >= 15 is 0 Å². The number of hydrogen-bond acceptors (Lipinski definition) is 5. The minimum atomic E-state index is -0.393. The van der Waals surface area contributed by atoms with Gasteiger partial charge in [-0.3, -0.25) is 0 Å². The molecule has 3 rings (SSSR count). The van der Waals surface area contributed by atoms with Crippen LogP contribution in [0.25, 0.3) is 0 Å². The van der Waals surface area contributed by atoms with E-state index < -0.39 is 5.79 Å². The molecule has 2 aliphatic rings. The van der Waals surface area contributed by atoms with Gasteiger partial charge >= 0.3 is 0 Å². The van der Waals surface area contributed by atoms with Gasteiger partial charge in [0.2, 0.25) is 0 Å². The van der Waals surface area contributed by atoms with Crippen LogP contribution in [0.15, 0.2) is 12.4 Å². The monoisotopic (exact) mass is 249 g/mol. The standard InChI is InChI=1S/C13H19N3O2/c1-2-11-8-12(15-10-14-11)16-5-3-4-13(9-16)17-6-7-18-13/h8,10H,2-7,9H2,1H3. The van der Waals surface area contributed by atoms with Gasteiger partial charge in [0.05, 0.1) is 19.8 Å². The zero-order valence-electron chi connectivity index (χ0n) is 10.8. The summed E-state index contributed by atoms with van der Waals surface area (Å²) >= 11 is 0. The summed E-state index contributed by atoms with van der Waals surface area (Å²) in [5.74, 6) is 0.593. The Morgan fingerprint density at radius 2 is 2.17 bits per heavy atom. The normalized spacial score (nSPS) is 22.6. The third-order valence-corrected chi connectivity index (χ3v) is 3.63. The zero-order valence-corrected chi connectivity index (χ0v) is 10.8. The van der Waals surface area contributed by atoms with E-state index in [1.165, 1.54) is 0 Å². The van der Waals surface area contributed by atoms with Crippen molar-refractivity contribution in [2.75, 3.05) is 31.2 Å². The van der Waals surface area contributed by atoms with Gasteiger partial charge in [-0.25, -0.2) is 9.97 Å². The predicted molar refractivity (Wildman–Crippen MR) is 67.5 cm³/mol. The third-order valence-electron chi connectivity index (χ3n) is 3.63. The number of aromatic nitrogens is 2. The van der Waals surface area contributed by atoms with Crippen molar-refractivity contribution < 1.29 is 9.47 Å². The van der Waals surface area contributed by atoms with Crippen LogP contribution < -0.4 is 4.90 Å². The molecule has 0 aliphatic carbocycles. The van der Waals surface area contributed by atoms with Crippen molar-refractivity contribution in [1.29, 1.82) is 0 Å². The summed E-state index contributed by atoms with van der Waals surface area (Å²) in [5, 5.41) is 0. The SMILES string of the molecule is CCc1cc(N2CCCC3(C2)OCCO3)ncn1. The summed E-state index contributed by atoms with van der Waals surface area (Å²) in [6, 6.07) is 2.06.